The van der Waals surface area contributed by atoms with Gasteiger partial charge in [0, 0.05) is 33.1 Å². The summed E-state index contributed by atoms with van der Waals surface area (Å²) in [5, 5.41) is 3.23. The Bertz CT molecular complexity index is 699. The molecule has 0 aliphatic carbocycles. The molecule has 2 amide bonds. The largest absolute Gasteiger partial charge is 0.416 e. The number of alkyl halides is 3. The fourth-order valence-electron chi connectivity index (χ4n) is 4.03. The van der Waals surface area contributed by atoms with Crippen molar-refractivity contribution >= 4 is 11.8 Å². The first-order chi connectivity index (χ1) is 12.7. The van der Waals surface area contributed by atoms with Gasteiger partial charge in [0.1, 0.15) is 0 Å². The quantitative estimate of drug-likeness (QED) is 0.872. The van der Waals surface area contributed by atoms with Gasteiger partial charge in [-0.2, -0.15) is 13.2 Å². The zero-order valence-electron chi connectivity index (χ0n) is 15.4. The van der Waals surface area contributed by atoms with Gasteiger partial charge < -0.3 is 15.1 Å². The molecular formula is C19H24F3N3O2. The van der Waals surface area contributed by atoms with Crippen molar-refractivity contribution in [3.63, 3.8) is 0 Å². The monoisotopic (exact) mass is 383 g/mol. The molecule has 0 bridgehead atoms. The highest BCUT2D eigenvalue weighted by Gasteiger charge is 2.41. The maximum Gasteiger partial charge on any atom is 0.416 e. The molecule has 0 spiro atoms. The van der Waals surface area contributed by atoms with E-state index in [-0.39, 0.29) is 24.3 Å². The number of likely N-dealkylation sites (tertiary alicyclic amines) is 1. The highest BCUT2D eigenvalue weighted by Crippen LogP contribution is 2.38. The lowest BCUT2D eigenvalue weighted by Crippen LogP contribution is -2.49. The van der Waals surface area contributed by atoms with E-state index in [1.165, 1.54) is 17.0 Å². The Kier molecular flexibility index (Phi) is 5.46. The van der Waals surface area contributed by atoms with Gasteiger partial charge in [0.15, 0.2) is 0 Å². The van der Waals surface area contributed by atoms with Gasteiger partial charge in [0.05, 0.1) is 17.5 Å². The second-order valence-corrected chi connectivity index (χ2v) is 7.31. The van der Waals surface area contributed by atoms with E-state index in [1.54, 1.807) is 19.0 Å². The second-order valence-electron chi connectivity index (χ2n) is 7.31. The Morgan fingerprint density at radius 1 is 1.22 bits per heavy atom. The highest BCUT2D eigenvalue weighted by molar-refractivity contribution is 5.85. The average molecular weight is 383 g/mol. The van der Waals surface area contributed by atoms with Crippen LogP contribution in [0.15, 0.2) is 24.3 Å². The Morgan fingerprint density at radius 3 is 2.44 bits per heavy atom. The number of nitrogens with one attached hydrogen (secondary N) is 1. The molecule has 148 valence electrons. The molecule has 0 radical (unpaired) electrons. The normalized spacial score (nSPS) is 26.3. The molecule has 3 rings (SSSR count). The number of halogens is 3. The lowest BCUT2D eigenvalue weighted by atomic mass is 9.83. The smallest absolute Gasteiger partial charge is 0.341 e. The Morgan fingerprint density at radius 2 is 1.89 bits per heavy atom. The van der Waals surface area contributed by atoms with Gasteiger partial charge in [-0.15, -0.1) is 0 Å². The number of likely N-dealkylation sites (N-methyl/N-ethyl adjacent to an activating group) is 1. The summed E-state index contributed by atoms with van der Waals surface area (Å²) in [7, 11) is 3.38. The third-order valence-electron chi connectivity index (χ3n) is 5.69. The van der Waals surface area contributed by atoms with E-state index in [9.17, 15) is 22.8 Å². The summed E-state index contributed by atoms with van der Waals surface area (Å²) in [6.07, 6.45) is -2.88. The van der Waals surface area contributed by atoms with Gasteiger partial charge in [-0.25, -0.2) is 0 Å². The first-order valence-corrected chi connectivity index (χ1v) is 9.10. The summed E-state index contributed by atoms with van der Waals surface area (Å²) in [6, 6.07) is 4.31. The molecule has 2 heterocycles. The van der Waals surface area contributed by atoms with Gasteiger partial charge >= 0.3 is 6.18 Å². The first kappa shape index (κ1) is 19.7. The lowest BCUT2D eigenvalue weighted by Gasteiger charge is -2.41. The van der Waals surface area contributed by atoms with Crippen LogP contribution < -0.4 is 5.32 Å². The standard InChI is InChI=1S/C19H24F3N3O2/c1-24(14-9-10-23-11-14)18(27)15-7-8-16(26)25(2)17(15)12-3-5-13(6-4-12)19(20,21)22/h3-6,14-15,17,23H,7-11H2,1-2H3/t14-,15-,17+/m1/s1. The molecule has 3 atom stereocenters. The van der Waals surface area contributed by atoms with Crippen LogP contribution in [0.2, 0.25) is 0 Å². The number of nitrogens with zero attached hydrogens (tertiary/aromatic N) is 2. The maximum absolute atomic E-state index is 13.1. The zero-order chi connectivity index (χ0) is 19.8. The van der Waals surface area contributed by atoms with E-state index in [4.69, 9.17) is 0 Å². The zero-order valence-corrected chi connectivity index (χ0v) is 15.4. The maximum atomic E-state index is 13.1. The van der Waals surface area contributed by atoms with Crippen LogP contribution in [0.1, 0.15) is 36.4 Å². The minimum Gasteiger partial charge on any atom is -0.341 e. The molecular weight excluding hydrogens is 359 g/mol. The summed E-state index contributed by atoms with van der Waals surface area (Å²) in [5.41, 5.74) is -0.192. The number of benzene rings is 1. The molecule has 2 aliphatic rings. The van der Waals surface area contributed by atoms with Crippen LogP contribution in [0.25, 0.3) is 0 Å². The fraction of sp³-hybridized carbons (Fsp3) is 0.579. The molecule has 1 N–H and O–H groups in total. The molecule has 5 nitrogen and oxygen atoms in total. The van der Waals surface area contributed by atoms with E-state index in [1.807, 2.05) is 0 Å². The van der Waals surface area contributed by atoms with Gasteiger partial charge in [-0.05, 0) is 37.1 Å². The average Bonchev–Trinajstić information content (AvgIpc) is 3.16. The van der Waals surface area contributed by atoms with Crippen molar-refractivity contribution in [3.05, 3.63) is 35.4 Å². The van der Waals surface area contributed by atoms with Crippen LogP contribution in [-0.2, 0) is 15.8 Å². The third kappa shape index (κ3) is 3.95. The van der Waals surface area contributed by atoms with E-state index in [0.29, 0.717) is 12.0 Å². The lowest BCUT2D eigenvalue weighted by molar-refractivity contribution is -0.147. The van der Waals surface area contributed by atoms with Crippen LogP contribution >= 0.6 is 0 Å². The SMILES string of the molecule is CN(C(=O)[C@@H]1CCC(=O)N(C)[C@H]1c1ccc(C(F)(F)F)cc1)[C@@H]1CCNC1. The Hall–Kier alpha value is -2.09. The van der Waals surface area contributed by atoms with E-state index < -0.39 is 23.7 Å². The molecule has 8 heteroatoms. The number of hydrogen-bond acceptors (Lipinski definition) is 3. The number of carbonyl (C=O) groups is 2. The summed E-state index contributed by atoms with van der Waals surface area (Å²) >= 11 is 0. The minimum absolute atomic E-state index is 0.0621. The minimum atomic E-state index is -4.42. The second kappa shape index (κ2) is 7.50. The van der Waals surface area contributed by atoms with Gasteiger partial charge in [0.2, 0.25) is 11.8 Å². The van der Waals surface area contributed by atoms with Crippen molar-refractivity contribution in [1.82, 2.24) is 15.1 Å². The van der Waals surface area contributed by atoms with E-state index in [0.717, 1.165) is 31.6 Å². The van der Waals surface area contributed by atoms with Gasteiger partial charge in [0.25, 0.3) is 0 Å². The molecule has 0 aromatic heterocycles. The molecule has 0 unspecified atom stereocenters. The molecule has 27 heavy (non-hydrogen) atoms. The van der Waals surface area contributed by atoms with Crippen molar-refractivity contribution < 1.29 is 22.8 Å². The van der Waals surface area contributed by atoms with Crippen LogP contribution in [-0.4, -0.2) is 54.8 Å². The van der Waals surface area contributed by atoms with Crippen molar-refractivity contribution in [1.29, 1.82) is 0 Å². The summed E-state index contributed by atoms with van der Waals surface area (Å²) in [6.45, 7) is 1.59. The summed E-state index contributed by atoms with van der Waals surface area (Å²) in [5.74, 6) is -0.628. The van der Waals surface area contributed by atoms with E-state index >= 15 is 0 Å². The number of carbonyl (C=O) groups excluding carboxylic acids is 2. The van der Waals surface area contributed by atoms with Crippen LogP contribution in [0.3, 0.4) is 0 Å². The molecule has 2 fully saturated rings. The van der Waals surface area contributed by atoms with Crippen molar-refractivity contribution in [2.24, 2.45) is 5.92 Å². The predicted molar refractivity (Wildman–Crippen MR) is 93.7 cm³/mol. The van der Waals surface area contributed by atoms with Crippen LogP contribution in [0.5, 0.6) is 0 Å². The number of hydrogen-bond donors (Lipinski definition) is 1. The predicted octanol–water partition coefficient (Wildman–Crippen LogP) is 2.44. The fourth-order valence-corrected chi connectivity index (χ4v) is 4.03. The highest BCUT2D eigenvalue weighted by atomic mass is 19.4. The number of piperidine rings is 1. The van der Waals surface area contributed by atoms with E-state index in [2.05, 4.69) is 5.32 Å². The molecule has 2 saturated heterocycles. The van der Waals surface area contributed by atoms with Gasteiger partial charge in [-0.3, -0.25) is 9.59 Å². The first-order valence-electron chi connectivity index (χ1n) is 9.10. The van der Waals surface area contributed by atoms with Crippen LogP contribution in [0, 0.1) is 5.92 Å². The van der Waals surface area contributed by atoms with Gasteiger partial charge in [-0.1, -0.05) is 12.1 Å². The third-order valence-corrected chi connectivity index (χ3v) is 5.69. The number of rotatable bonds is 3. The van der Waals surface area contributed by atoms with Crippen molar-refractivity contribution in [2.75, 3.05) is 27.2 Å². The summed E-state index contributed by atoms with van der Waals surface area (Å²) in [4.78, 5) is 28.6. The molecule has 1 aromatic rings. The molecule has 2 aliphatic heterocycles. The Balaban J connectivity index is 1.88. The Labute approximate surface area is 156 Å². The molecule has 1 aromatic carbocycles. The van der Waals surface area contributed by atoms with Crippen LogP contribution in [0.4, 0.5) is 13.2 Å². The molecule has 0 saturated carbocycles. The van der Waals surface area contributed by atoms with Crippen molar-refractivity contribution in [3.8, 4) is 0 Å². The van der Waals surface area contributed by atoms with Crippen molar-refractivity contribution in [2.45, 2.75) is 37.5 Å². The topological polar surface area (TPSA) is 52.7 Å². The number of amides is 2. The summed E-state index contributed by atoms with van der Waals surface area (Å²) < 4.78 is 38.6.